The number of benzene rings is 1. The fraction of sp³-hybridized carbons (Fsp3) is 0.364. The van der Waals surface area contributed by atoms with Crippen LogP contribution < -0.4 is 10.2 Å². The van der Waals surface area contributed by atoms with Crippen LogP contribution in [0.5, 0.6) is 5.88 Å². The van der Waals surface area contributed by atoms with E-state index in [4.69, 9.17) is 30.2 Å². The molecule has 2 heterocycles. The van der Waals surface area contributed by atoms with Crippen LogP contribution in [-0.4, -0.2) is 42.1 Å². The van der Waals surface area contributed by atoms with Gasteiger partial charge in [-0.15, -0.1) is 10.2 Å². The average molecular weight is 445 g/mol. The van der Waals surface area contributed by atoms with Crippen molar-refractivity contribution >= 4 is 28.5 Å². The van der Waals surface area contributed by atoms with E-state index < -0.39 is 0 Å². The number of para-hydroxylation sites is 1. The molecule has 0 spiro atoms. The van der Waals surface area contributed by atoms with E-state index in [0.29, 0.717) is 47.0 Å². The van der Waals surface area contributed by atoms with Crippen LogP contribution in [-0.2, 0) is 14.3 Å². The van der Waals surface area contributed by atoms with Crippen molar-refractivity contribution in [1.82, 2.24) is 10.2 Å². The van der Waals surface area contributed by atoms with E-state index in [1.165, 1.54) is 13.2 Å². The lowest BCUT2D eigenvalue weighted by Crippen LogP contribution is -2.47. The van der Waals surface area contributed by atoms with Gasteiger partial charge in [0.25, 0.3) is 0 Å². The topological polar surface area (TPSA) is 101 Å². The molecule has 162 valence electrons. The molecule has 0 bridgehead atoms. The molecule has 0 N–H and O–H groups in total. The van der Waals surface area contributed by atoms with Gasteiger partial charge in [0.1, 0.15) is 12.3 Å². The number of nitrogens with zero attached hydrogens (tertiary/aromatic N) is 2. The minimum Gasteiger partial charge on any atom is -0.474 e. The fourth-order valence-electron chi connectivity index (χ4n) is 3.67. The Kier molecular flexibility index (Phi) is 5.93. The van der Waals surface area contributed by atoms with Crippen molar-refractivity contribution in [3.05, 3.63) is 51.6 Å². The summed E-state index contributed by atoms with van der Waals surface area (Å²) in [6, 6.07) is 9.65. The van der Waals surface area contributed by atoms with Crippen molar-refractivity contribution in [2.45, 2.75) is 25.4 Å². The number of carbonyl (C=O) groups excluding carboxylic acids is 1. The number of methoxy groups -OCH3 is 1. The van der Waals surface area contributed by atoms with Gasteiger partial charge in [0.15, 0.2) is 16.8 Å². The van der Waals surface area contributed by atoms with Crippen LogP contribution >= 0.6 is 11.6 Å². The highest BCUT2D eigenvalue weighted by Gasteiger charge is 2.45. The summed E-state index contributed by atoms with van der Waals surface area (Å²) < 4.78 is 21.9. The number of ether oxygens (including phenoxy) is 3. The Morgan fingerprint density at radius 2 is 2.03 bits per heavy atom. The Bertz CT molecular complexity index is 1150. The quantitative estimate of drug-likeness (QED) is 0.402. The van der Waals surface area contributed by atoms with Crippen molar-refractivity contribution in [2.24, 2.45) is 5.92 Å². The number of hydrogen-bond donors (Lipinski definition) is 0. The van der Waals surface area contributed by atoms with Gasteiger partial charge in [-0.1, -0.05) is 17.7 Å². The SMILES string of the molecule is COC(=O)C1CC(C)(OCCOc2ccc(-c3cc(=O)c4cccc(Cl)c4o3)nn2)C1. The van der Waals surface area contributed by atoms with Crippen LogP contribution in [0.1, 0.15) is 19.8 Å². The molecule has 1 aromatic carbocycles. The molecule has 31 heavy (non-hydrogen) atoms. The lowest BCUT2D eigenvalue weighted by Gasteiger charge is -2.43. The lowest BCUT2D eigenvalue weighted by molar-refractivity contribution is -0.168. The summed E-state index contributed by atoms with van der Waals surface area (Å²) in [5, 5.41) is 8.85. The molecule has 1 aliphatic rings. The molecule has 8 nitrogen and oxygen atoms in total. The van der Waals surface area contributed by atoms with Gasteiger partial charge >= 0.3 is 5.97 Å². The van der Waals surface area contributed by atoms with E-state index in [-0.39, 0.29) is 35.3 Å². The first-order valence-corrected chi connectivity index (χ1v) is 10.2. The number of rotatable bonds is 7. The van der Waals surface area contributed by atoms with Gasteiger partial charge in [-0.25, -0.2) is 0 Å². The van der Waals surface area contributed by atoms with E-state index in [9.17, 15) is 9.59 Å². The highest BCUT2D eigenvalue weighted by atomic mass is 35.5. The molecule has 1 fully saturated rings. The van der Waals surface area contributed by atoms with E-state index in [1.807, 2.05) is 6.92 Å². The molecule has 0 unspecified atom stereocenters. The molecule has 9 heteroatoms. The number of hydrogen-bond acceptors (Lipinski definition) is 8. The van der Waals surface area contributed by atoms with E-state index in [2.05, 4.69) is 10.2 Å². The molecule has 1 saturated carbocycles. The summed E-state index contributed by atoms with van der Waals surface area (Å²) in [4.78, 5) is 23.8. The maximum atomic E-state index is 12.3. The van der Waals surface area contributed by atoms with Crippen LogP contribution in [0.2, 0.25) is 5.02 Å². The summed E-state index contributed by atoms with van der Waals surface area (Å²) in [5.41, 5.74) is 0.146. The Hall–Kier alpha value is -2.97. The third-order valence-corrected chi connectivity index (χ3v) is 5.57. The molecule has 0 atom stereocenters. The highest BCUT2D eigenvalue weighted by molar-refractivity contribution is 6.34. The van der Waals surface area contributed by atoms with Crippen molar-refractivity contribution < 1.29 is 23.4 Å². The molecular formula is C22H21ClN2O6. The number of esters is 1. The van der Waals surface area contributed by atoms with Crippen molar-refractivity contribution in [3.8, 4) is 17.3 Å². The van der Waals surface area contributed by atoms with E-state index in [0.717, 1.165) is 0 Å². The van der Waals surface area contributed by atoms with Crippen LogP contribution in [0, 0.1) is 5.92 Å². The second kappa shape index (κ2) is 8.64. The van der Waals surface area contributed by atoms with Gasteiger partial charge in [0, 0.05) is 12.1 Å². The molecule has 0 saturated heterocycles. The fourth-order valence-corrected chi connectivity index (χ4v) is 3.88. The zero-order chi connectivity index (χ0) is 22.0. The number of aromatic nitrogens is 2. The Morgan fingerprint density at radius 3 is 2.74 bits per heavy atom. The van der Waals surface area contributed by atoms with Gasteiger partial charge in [-0.2, -0.15) is 0 Å². The van der Waals surface area contributed by atoms with Crippen molar-refractivity contribution in [2.75, 3.05) is 20.3 Å². The second-order valence-corrected chi connectivity index (χ2v) is 8.03. The number of fused-ring (bicyclic) bond motifs is 1. The predicted octanol–water partition coefficient (Wildman–Crippen LogP) is 3.64. The first-order chi connectivity index (χ1) is 14.9. The molecule has 0 radical (unpaired) electrons. The number of halogens is 1. The average Bonchev–Trinajstić information content (AvgIpc) is 2.75. The van der Waals surface area contributed by atoms with E-state index in [1.54, 1.807) is 30.3 Å². The highest BCUT2D eigenvalue weighted by Crippen LogP contribution is 2.41. The summed E-state index contributed by atoms with van der Waals surface area (Å²) >= 11 is 6.14. The zero-order valence-corrected chi connectivity index (χ0v) is 17.8. The second-order valence-electron chi connectivity index (χ2n) is 7.62. The third kappa shape index (κ3) is 4.55. The summed E-state index contributed by atoms with van der Waals surface area (Å²) in [6.45, 7) is 2.60. The molecule has 0 amide bonds. The predicted molar refractivity (Wildman–Crippen MR) is 113 cm³/mol. The van der Waals surface area contributed by atoms with Crippen molar-refractivity contribution in [3.63, 3.8) is 0 Å². The van der Waals surface area contributed by atoms with Gasteiger partial charge < -0.3 is 18.6 Å². The molecule has 3 aromatic rings. The van der Waals surface area contributed by atoms with Crippen LogP contribution in [0.15, 0.2) is 45.6 Å². The van der Waals surface area contributed by atoms with Crippen LogP contribution in [0.4, 0.5) is 0 Å². The smallest absolute Gasteiger partial charge is 0.308 e. The first kappa shape index (κ1) is 21.3. The normalized spacial score (nSPS) is 20.3. The van der Waals surface area contributed by atoms with Gasteiger partial charge in [0.05, 0.1) is 35.6 Å². The standard InChI is InChI=1S/C22H21ClN2O6/c1-22(11-13(12-22)21(27)28-2)30-9-8-29-19-7-6-16(24-25-19)18-10-17(26)14-4-3-5-15(23)20(14)31-18/h3-7,10,13H,8-9,11-12H2,1-2H3. The van der Waals surface area contributed by atoms with Gasteiger partial charge in [-0.3, -0.25) is 9.59 Å². The summed E-state index contributed by atoms with van der Waals surface area (Å²) in [6.07, 6.45) is 1.27. The zero-order valence-electron chi connectivity index (χ0n) is 17.1. The van der Waals surface area contributed by atoms with Gasteiger partial charge in [-0.05, 0) is 38.0 Å². The summed E-state index contributed by atoms with van der Waals surface area (Å²) in [5.74, 6) is 0.294. The Labute approximate surface area is 183 Å². The molecular weight excluding hydrogens is 424 g/mol. The molecule has 4 rings (SSSR count). The maximum absolute atomic E-state index is 12.3. The Balaban J connectivity index is 1.33. The van der Waals surface area contributed by atoms with Crippen molar-refractivity contribution in [1.29, 1.82) is 0 Å². The molecule has 1 aliphatic carbocycles. The first-order valence-electron chi connectivity index (χ1n) is 9.79. The molecule has 0 aliphatic heterocycles. The largest absolute Gasteiger partial charge is 0.474 e. The van der Waals surface area contributed by atoms with Crippen LogP contribution in [0.3, 0.4) is 0 Å². The van der Waals surface area contributed by atoms with E-state index >= 15 is 0 Å². The molecule has 2 aromatic heterocycles. The summed E-state index contributed by atoms with van der Waals surface area (Å²) in [7, 11) is 1.39. The van der Waals surface area contributed by atoms with Gasteiger partial charge in [0.2, 0.25) is 5.88 Å². The number of carbonyl (C=O) groups is 1. The third-order valence-electron chi connectivity index (χ3n) is 5.27. The van der Waals surface area contributed by atoms with Crippen LogP contribution in [0.25, 0.3) is 22.4 Å². The maximum Gasteiger partial charge on any atom is 0.308 e. The lowest BCUT2D eigenvalue weighted by atomic mass is 9.72. The minimum absolute atomic E-state index is 0.0978. The Morgan fingerprint density at radius 1 is 1.23 bits per heavy atom. The monoisotopic (exact) mass is 444 g/mol. The minimum atomic E-state index is -0.341.